The number of anilines is 1. The largest absolute Gasteiger partial charge is 0.378 e. The predicted octanol–water partition coefficient (Wildman–Crippen LogP) is 3.96. The van der Waals surface area contributed by atoms with Gasteiger partial charge in [0.2, 0.25) is 5.56 Å². The quantitative estimate of drug-likeness (QED) is 0.281. The van der Waals surface area contributed by atoms with Crippen molar-refractivity contribution in [3.05, 3.63) is 78.3 Å². The van der Waals surface area contributed by atoms with Gasteiger partial charge >= 0.3 is 0 Å². The Morgan fingerprint density at radius 2 is 1.80 bits per heavy atom. The van der Waals surface area contributed by atoms with Gasteiger partial charge < -0.3 is 25.3 Å². The highest BCUT2D eigenvalue weighted by Crippen LogP contribution is 2.36. The lowest BCUT2D eigenvalue weighted by Crippen LogP contribution is -2.49. The molecule has 5 rings (SSSR count). The monoisotopic (exact) mass is 615 g/mol. The molecule has 2 aliphatic rings. The molecule has 2 heterocycles. The minimum atomic E-state index is -0.560. The van der Waals surface area contributed by atoms with E-state index in [-0.39, 0.29) is 33.8 Å². The third kappa shape index (κ3) is 5.85. The molecule has 1 saturated heterocycles. The van der Waals surface area contributed by atoms with E-state index in [0.29, 0.717) is 49.1 Å². The van der Waals surface area contributed by atoms with Crippen molar-refractivity contribution in [1.82, 2.24) is 15.2 Å². The van der Waals surface area contributed by atoms with Crippen molar-refractivity contribution in [1.29, 1.82) is 0 Å². The molecule has 11 nitrogen and oxygen atoms in total. The highest BCUT2D eigenvalue weighted by atomic mass is 79.9. The van der Waals surface area contributed by atoms with Crippen LogP contribution in [-0.2, 0) is 4.74 Å². The SMILES string of the molecule is O=C(N[C@H]1CCCC[C@H]1Nc1c(C(=O)N2CCOCC2)cc(Br)cc1[N+](=O)[O-])c1cc(=O)[nH]c2ccc(F)cc12. The van der Waals surface area contributed by atoms with Gasteiger partial charge in [-0.05, 0) is 37.1 Å². The number of pyridine rings is 1. The maximum Gasteiger partial charge on any atom is 0.294 e. The number of nitro groups is 1. The molecule has 0 radical (unpaired) electrons. The number of hydrogen-bond donors (Lipinski definition) is 3. The lowest BCUT2D eigenvalue weighted by atomic mass is 9.89. The number of aromatic nitrogens is 1. The molecule has 13 heteroatoms. The number of rotatable bonds is 6. The number of amides is 2. The number of nitrogens with zero attached hydrogens (tertiary/aromatic N) is 2. The molecule has 2 atom stereocenters. The average molecular weight is 616 g/mol. The zero-order chi connectivity index (χ0) is 28.4. The number of ether oxygens (including phenoxy) is 1. The molecule has 2 amide bonds. The van der Waals surface area contributed by atoms with Gasteiger partial charge in [0.05, 0.1) is 29.3 Å². The van der Waals surface area contributed by atoms with Gasteiger partial charge in [0, 0.05) is 52.7 Å². The molecule has 0 spiro atoms. The Labute approximate surface area is 236 Å². The van der Waals surface area contributed by atoms with Gasteiger partial charge in [-0.25, -0.2) is 4.39 Å². The zero-order valence-electron chi connectivity index (χ0n) is 21.4. The molecule has 2 aromatic carbocycles. The van der Waals surface area contributed by atoms with E-state index in [9.17, 15) is 28.9 Å². The first-order valence-corrected chi connectivity index (χ1v) is 13.8. The zero-order valence-corrected chi connectivity index (χ0v) is 23.0. The summed E-state index contributed by atoms with van der Waals surface area (Å²) in [6.45, 7) is 1.49. The summed E-state index contributed by atoms with van der Waals surface area (Å²) in [5.74, 6) is -1.47. The van der Waals surface area contributed by atoms with Crippen LogP contribution in [0.3, 0.4) is 0 Å². The maximum absolute atomic E-state index is 14.0. The number of carbonyl (C=O) groups excluding carboxylic acids is 2. The second kappa shape index (κ2) is 11.7. The second-order valence-corrected chi connectivity index (χ2v) is 10.8. The average Bonchev–Trinajstić information content (AvgIpc) is 2.94. The Kier molecular flexibility index (Phi) is 8.12. The van der Waals surface area contributed by atoms with Gasteiger partial charge in [0.1, 0.15) is 11.5 Å². The highest BCUT2D eigenvalue weighted by molar-refractivity contribution is 9.10. The van der Waals surface area contributed by atoms with Gasteiger partial charge in [-0.1, -0.05) is 28.8 Å². The summed E-state index contributed by atoms with van der Waals surface area (Å²) < 4.78 is 19.7. The first-order chi connectivity index (χ1) is 19.2. The van der Waals surface area contributed by atoms with Crippen molar-refractivity contribution in [3.63, 3.8) is 0 Å². The number of nitro benzene ring substituents is 1. The summed E-state index contributed by atoms with van der Waals surface area (Å²) in [7, 11) is 0. The van der Waals surface area contributed by atoms with E-state index < -0.39 is 34.3 Å². The van der Waals surface area contributed by atoms with E-state index in [0.717, 1.165) is 18.9 Å². The minimum Gasteiger partial charge on any atom is -0.378 e. The van der Waals surface area contributed by atoms with Gasteiger partial charge in [0.25, 0.3) is 17.5 Å². The lowest BCUT2D eigenvalue weighted by Gasteiger charge is -2.34. The van der Waals surface area contributed by atoms with Crippen LogP contribution in [0.4, 0.5) is 15.8 Å². The molecule has 1 aliphatic heterocycles. The Hall–Kier alpha value is -3.84. The van der Waals surface area contributed by atoms with Crippen LogP contribution in [0.25, 0.3) is 10.9 Å². The van der Waals surface area contributed by atoms with E-state index >= 15 is 0 Å². The third-order valence-electron chi connectivity index (χ3n) is 7.27. The van der Waals surface area contributed by atoms with E-state index in [4.69, 9.17) is 4.74 Å². The van der Waals surface area contributed by atoms with E-state index in [1.165, 1.54) is 24.3 Å². The third-order valence-corrected chi connectivity index (χ3v) is 7.73. The van der Waals surface area contributed by atoms with E-state index in [1.807, 2.05) is 0 Å². The number of benzene rings is 2. The van der Waals surface area contributed by atoms with Gasteiger partial charge in [0.15, 0.2) is 0 Å². The van der Waals surface area contributed by atoms with Crippen molar-refractivity contribution in [3.8, 4) is 0 Å². The lowest BCUT2D eigenvalue weighted by molar-refractivity contribution is -0.384. The van der Waals surface area contributed by atoms with Crippen LogP contribution in [-0.4, -0.2) is 65.0 Å². The van der Waals surface area contributed by atoms with Crippen molar-refractivity contribution in [2.24, 2.45) is 0 Å². The Morgan fingerprint density at radius 1 is 1.07 bits per heavy atom. The number of H-pyrrole nitrogens is 1. The molecule has 2 fully saturated rings. The van der Waals surface area contributed by atoms with Crippen LogP contribution in [0.1, 0.15) is 46.4 Å². The molecular formula is C27H27BrFN5O6. The van der Waals surface area contributed by atoms with Crippen molar-refractivity contribution < 1.29 is 23.6 Å². The number of carbonyl (C=O) groups is 2. The fraction of sp³-hybridized carbons (Fsp3) is 0.370. The normalized spacial score (nSPS) is 19.3. The molecule has 1 aliphatic carbocycles. The van der Waals surface area contributed by atoms with Gasteiger partial charge in [-0.2, -0.15) is 0 Å². The van der Waals surface area contributed by atoms with Crippen LogP contribution in [0.15, 0.2) is 45.7 Å². The first kappa shape index (κ1) is 27.7. The van der Waals surface area contributed by atoms with Crippen LogP contribution >= 0.6 is 15.9 Å². The molecule has 210 valence electrons. The highest BCUT2D eigenvalue weighted by Gasteiger charge is 2.33. The number of hydrogen-bond acceptors (Lipinski definition) is 7. The summed E-state index contributed by atoms with van der Waals surface area (Å²) in [6.07, 6.45) is 2.75. The van der Waals surface area contributed by atoms with Crippen LogP contribution in [0, 0.1) is 15.9 Å². The fourth-order valence-corrected chi connectivity index (χ4v) is 5.76. The van der Waals surface area contributed by atoms with Crippen LogP contribution in [0.2, 0.25) is 0 Å². The van der Waals surface area contributed by atoms with Crippen molar-refractivity contribution >= 4 is 50.0 Å². The number of halogens is 2. The molecule has 1 aromatic heterocycles. The minimum absolute atomic E-state index is 0.0281. The summed E-state index contributed by atoms with van der Waals surface area (Å²) in [4.78, 5) is 54.8. The molecule has 3 aromatic rings. The second-order valence-electron chi connectivity index (χ2n) is 9.86. The number of nitrogens with one attached hydrogen (secondary N) is 3. The fourth-order valence-electron chi connectivity index (χ4n) is 5.32. The smallest absolute Gasteiger partial charge is 0.294 e. The number of fused-ring (bicyclic) bond motifs is 1. The molecule has 40 heavy (non-hydrogen) atoms. The Morgan fingerprint density at radius 3 is 2.52 bits per heavy atom. The number of morpholine rings is 1. The Balaban J connectivity index is 1.46. The van der Waals surface area contributed by atoms with Crippen molar-refractivity contribution in [2.75, 3.05) is 31.6 Å². The molecular weight excluding hydrogens is 589 g/mol. The summed E-state index contributed by atoms with van der Waals surface area (Å²) in [5.41, 5.74) is -0.180. The van der Waals surface area contributed by atoms with Gasteiger partial charge in [-0.15, -0.1) is 0 Å². The van der Waals surface area contributed by atoms with E-state index in [1.54, 1.807) is 11.0 Å². The van der Waals surface area contributed by atoms with Crippen LogP contribution < -0.4 is 16.2 Å². The molecule has 1 saturated carbocycles. The van der Waals surface area contributed by atoms with Crippen LogP contribution in [0.5, 0.6) is 0 Å². The Bertz CT molecular complexity index is 1540. The van der Waals surface area contributed by atoms with Crippen molar-refractivity contribution in [2.45, 2.75) is 37.8 Å². The molecule has 0 bridgehead atoms. The number of aromatic amines is 1. The van der Waals surface area contributed by atoms with Gasteiger partial charge in [-0.3, -0.25) is 24.5 Å². The van der Waals surface area contributed by atoms with E-state index in [2.05, 4.69) is 31.5 Å². The summed E-state index contributed by atoms with van der Waals surface area (Å²) in [5, 5.41) is 18.5. The predicted molar refractivity (Wildman–Crippen MR) is 149 cm³/mol. The summed E-state index contributed by atoms with van der Waals surface area (Å²) in [6, 6.07) is 6.88. The summed E-state index contributed by atoms with van der Waals surface area (Å²) >= 11 is 3.29. The molecule has 3 N–H and O–H groups in total. The first-order valence-electron chi connectivity index (χ1n) is 13.0. The standard InChI is InChI=1S/C27H27BrFN5O6/c28-15-11-19(27(37)33-7-9-40-10-8-33)25(23(12-15)34(38)39)31-21-3-1-2-4-22(21)32-26(36)18-14-24(35)30-20-6-5-16(29)13-17(18)20/h5-6,11-14,21-22,31H,1-4,7-10H2,(H,30,35)(H,32,36)/t21-,22+/m1/s1. The molecule has 0 unspecified atom stereocenters. The maximum atomic E-state index is 14.0. The topological polar surface area (TPSA) is 147 Å².